The Morgan fingerprint density at radius 1 is 1.05 bits per heavy atom. The van der Waals surface area contributed by atoms with Crippen molar-refractivity contribution in [1.82, 2.24) is 5.32 Å². The SMILES string of the molecule is O=C(NC[C@@H](O)COCc1ccccc1)c1ccccc1. The zero-order valence-electron chi connectivity index (χ0n) is 11.7. The second-order valence-electron chi connectivity index (χ2n) is 4.73. The number of aliphatic hydroxyl groups is 1. The number of aliphatic hydroxyl groups excluding tert-OH is 1. The topological polar surface area (TPSA) is 58.6 Å². The van der Waals surface area contributed by atoms with E-state index in [9.17, 15) is 9.90 Å². The van der Waals surface area contributed by atoms with Crippen molar-refractivity contribution < 1.29 is 14.6 Å². The molecule has 0 saturated carbocycles. The minimum atomic E-state index is -0.721. The van der Waals surface area contributed by atoms with Gasteiger partial charge in [-0.2, -0.15) is 0 Å². The first-order valence-corrected chi connectivity index (χ1v) is 6.88. The van der Waals surface area contributed by atoms with Crippen LogP contribution in [0.5, 0.6) is 0 Å². The van der Waals surface area contributed by atoms with E-state index in [0.29, 0.717) is 12.2 Å². The molecule has 0 heterocycles. The Balaban J connectivity index is 1.66. The number of hydrogen-bond donors (Lipinski definition) is 2. The van der Waals surface area contributed by atoms with Crippen LogP contribution in [-0.4, -0.2) is 30.3 Å². The van der Waals surface area contributed by atoms with Gasteiger partial charge >= 0.3 is 0 Å². The van der Waals surface area contributed by atoms with E-state index in [1.807, 2.05) is 36.4 Å². The van der Waals surface area contributed by atoms with Crippen molar-refractivity contribution in [2.24, 2.45) is 0 Å². The third kappa shape index (κ3) is 5.38. The van der Waals surface area contributed by atoms with E-state index in [4.69, 9.17) is 4.74 Å². The molecule has 2 aromatic rings. The monoisotopic (exact) mass is 285 g/mol. The highest BCUT2D eigenvalue weighted by Gasteiger charge is 2.08. The number of hydrogen-bond acceptors (Lipinski definition) is 3. The Bertz CT molecular complexity index is 542. The number of ether oxygens (including phenoxy) is 1. The highest BCUT2D eigenvalue weighted by atomic mass is 16.5. The summed E-state index contributed by atoms with van der Waals surface area (Å²) >= 11 is 0. The summed E-state index contributed by atoms with van der Waals surface area (Å²) in [5.74, 6) is -0.197. The predicted octanol–water partition coefficient (Wildman–Crippen LogP) is 1.99. The fourth-order valence-electron chi connectivity index (χ4n) is 1.85. The molecule has 0 saturated heterocycles. The van der Waals surface area contributed by atoms with Crippen LogP contribution in [0.1, 0.15) is 15.9 Å². The second-order valence-corrected chi connectivity index (χ2v) is 4.73. The molecule has 2 aromatic carbocycles. The number of nitrogens with one attached hydrogen (secondary N) is 1. The summed E-state index contributed by atoms with van der Waals surface area (Å²) in [6.45, 7) is 0.803. The third-order valence-electron chi connectivity index (χ3n) is 2.96. The first kappa shape index (κ1) is 15.2. The minimum absolute atomic E-state index is 0.169. The summed E-state index contributed by atoms with van der Waals surface area (Å²) in [5, 5.41) is 12.5. The summed E-state index contributed by atoms with van der Waals surface area (Å²) in [6, 6.07) is 18.7. The van der Waals surface area contributed by atoms with Gasteiger partial charge in [0.15, 0.2) is 0 Å². The highest BCUT2D eigenvalue weighted by molar-refractivity contribution is 5.94. The number of rotatable bonds is 7. The maximum Gasteiger partial charge on any atom is 0.251 e. The molecule has 0 radical (unpaired) electrons. The molecule has 0 aliphatic heterocycles. The molecule has 110 valence electrons. The van der Waals surface area contributed by atoms with Gasteiger partial charge in [0.25, 0.3) is 5.91 Å². The van der Waals surface area contributed by atoms with Gasteiger partial charge in [-0.05, 0) is 17.7 Å². The molecule has 0 unspecified atom stereocenters. The van der Waals surface area contributed by atoms with Crippen molar-refractivity contribution in [3.8, 4) is 0 Å². The number of carbonyl (C=O) groups excluding carboxylic acids is 1. The van der Waals surface area contributed by atoms with Gasteiger partial charge in [-0.1, -0.05) is 48.5 Å². The van der Waals surface area contributed by atoms with Gasteiger partial charge in [0, 0.05) is 12.1 Å². The molecule has 21 heavy (non-hydrogen) atoms. The smallest absolute Gasteiger partial charge is 0.251 e. The highest BCUT2D eigenvalue weighted by Crippen LogP contribution is 2.01. The quantitative estimate of drug-likeness (QED) is 0.818. The van der Waals surface area contributed by atoms with Crippen molar-refractivity contribution in [3.05, 3.63) is 71.8 Å². The molecule has 1 atom stereocenters. The van der Waals surface area contributed by atoms with E-state index < -0.39 is 6.10 Å². The summed E-state index contributed by atoms with van der Waals surface area (Å²) in [4.78, 5) is 11.8. The first-order chi connectivity index (χ1) is 10.3. The second kappa shape index (κ2) is 8.19. The maximum atomic E-state index is 11.8. The van der Waals surface area contributed by atoms with Crippen molar-refractivity contribution in [2.45, 2.75) is 12.7 Å². The van der Waals surface area contributed by atoms with Crippen LogP contribution in [-0.2, 0) is 11.3 Å². The van der Waals surface area contributed by atoms with Gasteiger partial charge in [-0.3, -0.25) is 4.79 Å². The van der Waals surface area contributed by atoms with Crippen molar-refractivity contribution >= 4 is 5.91 Å². The van der Waals surface area contributed by atoms with E-state index >= 15 is 0 Å². The summed E-state index contributed by atoms with van der Waals surface area (Å²) in [7, 11) is 0. The van der Waals surface area contributed by atoms with Crippen LogP contribution in [0.3, 0.4) is 0 Å². The molecule has 2 N–H and O–H groups in total. The lowest BCUT2D eigenvalue weighted by molar-refractivity contribution is 0.0285. The molecular weight excluding hydrogens is 266 g/mol. The Hall–Kier alpha value is -2.17. The molecule has 4 heteroatoms. The summed E-state index contributed by atoms with van der Waals surface area (Å²) < 4.78 is 5.42. The molecule has 0 spiro atoms. The summed E-state index contributed by atoms with van der Waals surface area (Å²) in [6.07, 6.45) is -0.721. The van der Waals surface area contributed by atoms with Gasteiger partial charge in [0.2, 0.25) is 0 Å². The molecular formula is C17H19NO3. The largest absolute Gasteiger partial charge is 0.389 e. The van der Waals surface area contributed by atoms with E-state index in [-0.39, 0.29) is 19.1 Å². The molecule has 0 fully saturated rings. The number of carbonyl (C=O) groups is 1. The summed E-state index contributed by atoms with van der Waals surface area (Å²) in [5.41, 5.74) is 1.63. The van der Waals surface area contributed by atoms with Gasteiger partial charge in [-0.15, -0.1) is 0 Å². The Morgan fingerprint density at radius 3 is 2.33 bits per heavy atom. The standard InChI is InChI=1S/C17H19NO3/c19-16(13-21-12-14-7-3-1-4-8-14)11-18-17(20)15-9-5-2-6-10-15/h1-10,16,19H,11-13H2,(H,18,20)/t16-/m1/s1. The lowest BCUT2D eigenvalue weighted by atomic mass is 10.2. The molecule has 0 bridgehead atoms. The Labute approximate surface area is 124 Å². The van der Waals surface area contributed by atoms with Crippen LogP contribution in [0.2, 0.25) is 0 Å². The zero-order valence-corrected chi connectivity index (χ0v) is 11.7. The minimum Gasteiger partial charge on any atom is -0.389 e. The molecule has 0 aliphatic rings. The van der Waals surface area contributed by atoms with Gasteiger partial charge < -0.3 is 15.2 Å². The van der Waals surface area contributed by atoms with E-state index in [2.05, 4.69) is 5.32 Å². The Morgan fingerprint density at radius 2 is 1.67 bits per heavy atom. The number of amides is 1. The lowest BCUT2D eigenvalue weighted by Gasteiger charge is -2.12. The van der Waals surface area contributed by atoms with Crippen molar-refractivity contribution in [2.75, 3.05) is 13.2 Å². The molecule has 1 amide bonds. The zero-order chi connectivity index (χ0) is 14.9. The van der Waals surface area contributed by atoms with E-state index in [1.54, 1.807) is 24.3 Å². The predicted molar refractivity (Wildman–Crippen MR) is 80.9 cm³/mol. The lowest BCUT2D eigenvalue weighted by Crippen LogP contribution is -2.34. The average molecular weight is 285 g/mol. The van der Waals surface area contributed by atoms with Crippen LogP contribution in [0.15, 0.2) is 60.7 Å². The van der Waals surface area contributed by atoms with Crippen LogP contribution in [0.4, 0.5) is 0 Å². The van der Waals surface area contributed by atoms with Gasteiger partial charge in [-0.25, -0.2) is 0 Å². The fourth-order valence-corrected chi connectivity index (χ4v) is 1.85. The molecule has 2 rings (SSSR count). The fraction of sp³-hybridized carbons (Fsp3) is 0.235. The van der Waals surface area contributed by atoms with Crippen LogP contribution in [0.25, 0.3) is 0 Å². The first-order valence-electron chi connectivity index (χ1n) is 6.88. The van der Waals surface area contributed by atoms with Crippen molar-refractivity contribution in [1.29, 1.82) is 0 Å². The third-order valence-corrected chi connectivity index (χ3v) is 2.96. The van der Waals surface area contributed by atoms with Gasteiger partial charge in [0.05, 0.1) is 19.3 Å². The van der Waals surface area contributed by atoms with E-state index in [0.717, 1.165) is 5.56 Å². The van der Waals surface area contributed by atoms with Crippen molar-refractivity contribution in [3.63, 3.8) is 0 Å². The molecule has 4 nitrogen and oxygen atoms in total. The van der Waals surface area contributed by atoms with Crippen LogP contribution < -0.4 is 5.32 Å². The van der Waals surface area contributed by atoms with E-state index in [1.165, 1.54) is 0 Å². The Kier molecular flexibility index (Phi) is 5.94. The molecule has 0 aromatic heterocycles. The van der Waals surface area contributed by atoms with Gasteiger partial charge in [0.1, 0.15) is 0 Å². The molecule has 0 aliphatic carbocycles. The van der Waals surface area contributed by atoms with Crippen LogP contribution >= 0.6 is 0 Å². The average Bonchev–Trinajstić information content (AvgIpc) is 2.54. The van der Waals surface area contributed by atoms with Crippen LogP contribution in [0, 0.1) is 0 Å². The number of benzene rings is 2. The maximum absolute atomic E-state index is 11.8. The normalized spacial score (nSPS) is 11.9.